The number of hydrogen-bond donors (Lipinski definition) is 2. The van der Waals surface area contributed by atoms with Gasteiger partial charge in [0.15, 0.2) is 5.65 Å². The van der Waals surface area contributed by atoms with Crippen LogP contribution in [0.5, 0.6) is 0 Å². The van der Waals surface area contributed by atoms with E-state index in [4.69, 9.17) is 0 Å². The van der Waals surface area contributed by atoms with E-state index < -0.39 is 29.3 Å². The van der Waals surface area contributed by atoms with Crippen LogP contribution in [0.3, 0.4) is 0 Å². The fraction of sp³-hybridized carbons (Fsp3) is 0.179. The fourth-order valence-corrected chi connectivity index (χ4v) is 4.75. The second kappa shape index (κ2) is 9.82. The van der Waals surface area contributed by atoms with Gasteiger partial charge in [-0.25, -0.2) is 33.1 Å². The Morgan fingerprint density at radius 3 is 2.44 bits per heavy atom. The largest absolute Gasteiger partial charge is 0.481 e. The Morgan fingerprint density at radius 2 is 1.69 bits per heavy atom. The zero-order valence-corrected chi connectivity index (χ0v) is 20.4. The van der Waals surface area contributed by atoms with Crippen LogP contribution in [0.25, 0.3) is 44.9 Å². The molecule has 5 aromatic rings. The van der Waals surface area contributed by atoms with Crippen molar-refractivity contribution >= 4 is 23.1 Å². The number of nitrogens with one attached hydrogen (secondary N) is 1. The van der Waals surface area contributed by atoms with E-state index in [-0.39, 0.29) is 28.3 Å². The van der Waals surface area contributed by atoms with Crippen LogP contribution in [0.4, 0.5) is 19.1 Å². The van der Waals surface area contributed by atoms with E-state index in [1.54, 1.807) is 36.7 Å². The molecule has 2 aromatic carbocycles. The molecule has 1 fully saturated rings. The zero-order valence-electron chi connectivity index (χ0n) is 20.4. The number of carboxylic acids is 1. The molecule has 0 aliphatic carbocycles. The number of nitrogens with zero attached hydrogens (tertiary/aromatic N) is 5. The third kappa shape index (κ3) is 4.78. The first-order chi connectivity index (χ1) is 18.9. The van der Waals surface area contributed by atoms with Gasteiger partial charge in [-0.2, -0.15) is 0 Å². The van der Waals surface area contributed by atoms with Crippen molar-refractivity contribution < 1.29 is 23.1 Å². The lowest BCUT2D eigenvalue weighted by atomic mass is 9.99. The van der Waals surface area contributed by atoms with Crippen molar-refractivity contribution in [3.05, 3.63) is 78.4 Å². The van der Waals surface area contributed by atoms with E-state index >= 15 is 4.39 Å². The topological polar surface area (TPSA) is 108 Å². The van der Waals surface area contributed by atoms with Crippen LogP contribution in [-0.2, 0) is 4.79 Å². The Labute approximate surface area is 220 Å². The molecular weight excluding hydrogens is 509 g/mol. The van der Waals surface area contributed by atoms with Crippen LogP contribution in [0.1, 0.15) is 12.8 Å². The highest BCUT2D eigenvalue weighted by atomic mass is 19.1. The van der Waals surface area contributed by atoms with Crippen LogP contribution >= 0.6 is 0 Å². The zero-order chi connectivity index (χ0) is 27.1. The van der Waals surface area contributed by atoms with Gasteiger partial charge in [0, 0.05) is 42.7 Å². The van der Waals surface area contributed by atoms with Gasteiger partial charge in [-0.1, -0.05) is 6.07 Å². The molecule has 8 nitrogen and oxygen atoms in total. The molecule has 0 saturated carbocycles. The number of carboxylic acid groups (broad SMARTS) is 1. The Balaban J connectivity index is 1.24. The number of rotatable bonds is 5. The summed E-state index contributed by atoms with van der Waals surface area (Å²) in [5, 5.41) is 9.31. The average molecular weight is 531 g/mol. The second-order valence-corrected chi connectivity index (χ2v) is 9.37. The number of hydrogen-bond acceptors (Lipinski definition) is 6. The molecule has 3 aromatic heterocycles. The molecule has 4 heterocycles. The van der Waals surface area contributed by atoms with E-state index in [0.717, 1.165) is 18.6 Å². The lowest BCUT2D eigenvalue weighted by Gasteiger charge is -2.30. The van der Waals surface area contributed by atoms with Crippen molar-refractivity contribution in [3.63, 3.8) is 0 Å². The number of aromatic nitrogens is 5. The summed E-state index contributed by atoms with van der Waals surface area (Å²) >= 11 is 0. The molecule has 0 radical (unpaired) electrons. The maximum atomic E-state index is 15.2. The first kappa shape index (κ1) is 24.5. The summed E-state index contributed by atoms with van der Waals surface area (Å²) < 4.78 is 42.7. The highest BCUT2D eigenvalue weighted by molar-refractivity contribution is 5.80. The molecule has 6 rings (SSSR count). The van der Waals surface area contributed by atoms with E-state index in [2.05, 4.69) is 24.9 Å². The maximum Gasteiger partial charge on any atom is 0.308 e. The molecular formula is C28H21F3N6O2. The predicted molar refractivity (Wildman–Crippen MR) is 138 cm³/mol. The quantitative estimate of drug-likeness (QED) is 0.310. The van der Waals surface area contributed by atoms with Gasteiger partial charge in [-0.05, 0) is 54.8 Å². The number of aromatic amines is 1. The minimum Gasteiger partial charge on any atom is -0.481 e. The van der Waals surface area contributed by atoms with Crippen LogP contribution < -0.4 is 4.90 Å². The molecule has 11 heteroatoms. The SMILES string of the molecule is O=C(O)C1CCCN(c2ncc(-c3ccc(-c4nc5nc(-c6ccc(F)cc6F)ccc5[nH]4)c(F)c3)cn2)C1. The summed E-state index contributed by atoms with van der Waals surface area (Å²) in [7, 11) is 0. The Hall–Kier alpha value is -4.80. The number of halogens is 3. The van der Waals surface area contributed by atoms with Gasteiger partial charge in [-0.15, -0.1) is 0 Å². The number of anilines is 1. The van der Waals surface area contributed by atoms with Crippen molar-refractivity contribution in [2.45, 2.75) is 12.8 Å². The summed E-state index contributed by atoms with van der Waals surface area (Å²) in [6, 6.07) is 11.1. The first-order valence-electron chi connectivity index (χ1n) is 12.3. The number of aliphatic carboxylic acids is 1. The van der Waals surface area contributed by atoms with E-state index in [9.17, 15) is 18.7 Å². The number of pyridine rings is 1. The monoisotopic (exact) mass is 530 g/mol. The third-order valence-corrected chi connectivity index (χ3v) is 6.80. The van der Waals surface area contributed by atoms with Gasteiger partial charge in [0.2, 0.25) is 5.95 Å². The summed E-state index contributed by atoms with van der Waals surface area (Å²) in [5.41, 5.74) is 2.60. The first-order valence-corrected chi connectivity index (χ1v) is 12.3. The van der Waals surface area contributed by atoms with E-state index in [1.807, 2.05) is 4.90 Å². The van der Waals surface area contributed by atoms with Crippen molar-refractivity contribution in [3.8, 4) is 33.8 Å². The van der Waals surface area contributed by atoms with E-state index in [0.29, 0.717) is 42.1 Å². The Morgan fingerprint density at radius 1 is 0.923 bits per heavy atom. The van der Waals surface area contributed by atoms with Gasteiger partial charge in [0.05, 0.1) is 22.7 Å². The number of fused-ring (bicyclic) bond motifs is 1. The third-order valence-electron chi connectivity index (χ3n) is 6.80. The van der Waals surface area contributed by atoms with Crippen LogP contribution in [0.15, 0.2) is 60.9 Å². The number of benzene rings is 2. The predicted octanol–water partition coefficient (Wildman–Crippen LogP) is 5.47. The van der Waals surface area contributed by atoms with Crippen molar-refractivity contribution in [1.82, 2.24) is 24.9 Å². The van der Waals surface area contributed by atoms with Gasteiger partial charge >= 0.3 is 5.97 Å². The number of imidazole rings is 1. The lowest BCUT2D eigenvalue weighted by molar-refractivity contribution is -0.141. The molecule has 1 saturated heterocycles. The second-order valence-electron chi connectivity index (χ2n) is 9.37. The summed E-state index contributed by atoms with van der Waals surface area (Å²) in [5.74, 6) is -2.53. The van der Waals surface area contributed by atoms with E-state index in [1.165, 1.54) is 12.1 Å². The molecule has 0 spiro atoms. The summed E-state index contributed by atoms with van der Waals surface area (Å²) in [4.78, 5) is 33.7. The Bertz CT molecular complexity index is 1710. The van der Waals surface area contributed by atoms with Gasteiger partial charge in [-0.3, -0.25) is 4.79 Å². The number of carbonyl (C=O) groups is 1. The lowest BCUT2D eigenvalue weighted by Crippen LogP contribution is -2.39. The van der Waals surface area contributed by atoms with Crippen LogP contribution in [0.2, 0.25) is 0 Å². The molecule has 196 valence electrons. The minimum absolute atomic E-state index is 0.133. The molecule has 1 unspecified atom stereocenters. The number of piperidine rings is 1. The maximum absolute atomic E-state index is 15.2. The molecule has 39 heavy (non-hydrogen) atoms. The fourth-order valence-electron chi connectivity index (χ4n) is 4.75. The highest BCUT2D eigenvalue weighted by Gasteiger charge is 2.26. The molecule has 0 amide bonds. The van der Waals surface area contributed by atoms with Crippen LogP contribution in [0, 0.1) is 23.4 Å². The van der Waals surface area contributed by atoms with Crippen LogP contribution in [-0.4, -0.2) is 49.1 Å². The molecule has 1 aliphatic heterocycles. The molecule has 1 aliphatic rings. The molecule has 0 bridgehead atoms. The smallest absolute Gasteiger partial charge is 0.308 e. The van der Waals surface area contributed by atoms with Crippen molar-refractivity contribution in [2.75, 3.05) is 18.0 Å². The van der Waals surface area contributed by atoms with Gasteiger partial charge in [0.1, 0.15) is 23.3 Å². The standard InChI is InChI=1S/C28H21F3N6O2/c29-18-4-6-19(22(31)11-18)23-7-8-24-26(34-23)36-25(35-24)20-5-3-15(10-21(20)30)17-12-32-28(33-13-17)37-9-1-2-16(14-37)27(38)39/h3-8,10-13,16H,1-2,9,14H2,(H,38,39)(H,34,35,36). The average Bonchev–Trinajstić information content (AvgIpc) is 3.36. The van der Waals surface area contributed by atoms with Gasteiger partial charge in [0.25, 0.3) is 0 Å². The molecule has 2 N–H and O–H groups in total. The minimum atomic E-state index is -0.825. The summed E-state index contributed by atoms with van der Waals surface area (Å²) in [6.07, 6.45) is 4.55. The number of H-pyrrole nitrogens is 1. The summed E-state index contributed by atoms with van der Waals surface area (Å²) in [6.45, 7) is 1.03. The molecule has 1 atom stereocenters. The van der Waals surface area contributed by atoms with Crippen molar-refractivity contribution in [2.24, 2.45) is 5.92 Å². The van der Waals surface area contributed by atoms with Crippen molar-refractivity contribution in [1.29, 1.82) is 0 Å². The normalized spacial score (nSPS) is 15.6. The van der Waals surface area contributed by atoms with Gasteiger partial charge < -0.3 is 15.0 Å². The highest BCUT2D eigenvalue weighted by Crippen LogP contribution is 2.29. The Kier molecular flexibility index (Phi) is 6.18.